The molecule has 0 radical (unpaired) electrons. The number of nitrogens with zero attached hydrogens (tertiary/aromatic N) is 4. The van der Waals surface area contributed by atoms with Gasteiger partial charge in [0.15, 0.2) is 0 Å². The number of hydrogen-bond acceptors (Lipinski definition) is 5. The minimum Gasteiger partial charge on any atom is -0.421 e. The maximum Gasteiger partial charge on any atom is 0.249 e. The molecule has 2 aromatic heterocycles. The first-order valence-electron chi connectivity index (χ1n) is 6.75. The average molecular weight is 274 g/mol. The smallest absolute Gasteiger partial charge is 0.249 e. The highest BCUT2D eigenvalue weighted by molar-refractivity contribution is 5.76. The molecule has 0 atom stereocenters. The Morgan fingerprint density at radius 2 is 2.10 bits per heavy atom. The molecule has 0 aliphatic rings. The Hall–Kier alpha value is -2.24. The first-order chi connectivity index (χ1) is 9.74. The predicted octanol–water partition coefficient (Wildman–Crippen LogP) is 1.93. The van der Waals surface area contributed by atoms with E-state index in [0.717, 1.165) is 18.7 Å². The summed E-state index contributed by atoms with van der Waals surface area (Å²) in [6.45, 7) is 5.38. The highest BCUT2D eigenvalue weighted by atomic mass is 16.4. The lowest BCUT2D eigenvalue weighted by molar-refractivity contribution is -0.130. The molecule has 0 aromatic carbocycles. The van der Waals surface area contributed by atoms with Crippen LogP contribution < -0.4 is 0 Å². The van der Waals surface area contributed by atoms with E-state index in [2.05, 4.69) is 15.2 Å². The first-order valence-corrected chi connectivity index (χ1v) is 6.75. The minimum absolute atomic E-state index is 0.108. The maximum atomic E-state index is 11.9. The third-order valence-corrected chi connectivity index (χ3v) is 3.04. The van der Waals surface area contributed by atoms with E-state index in [1.807, 2.05) is 26.0 Å². The second-order valence-electron chi connectivity index (χ2n) is 4.31. The van der Waals surface area contributed by atoms with Crippen LogP contribution in [0.4, 0.5) is 0 Å². The molecule has 0 aliphatic heterocycles. The lowest BCUT2D eigenvalue weighted by atomic mass is 10.2. The third-order valence-electron chi connectivity index (χ3n) is 3.04. The van der Waals surface area contributed by atoms with Crippen molar-refractivity contribution in [3.05, 3.63) is 30.4 Å². The van der Waals surface area contributed by atoms with Crippen molar-refractivity contribution in [2.24, 2.45) is 0 Å². The second kappa shape index (κ2) is 6.79. The fourth-order valence-electron chi connectivity index (χ4n) is 1.91. The van der Waals surface area contributed by atoms with Crippen molar-refractivity contribution in [1.29, 1.82) is 0 Å². The number of carbonyl (C=O) groups excluding carboxylic acids is 1. The molecule has 2 heterocycles. The monoisotopic (exact) mass is 274 g/mol. The van der Waals surface area contributed by atoms with Gasteiger partial charge in [-0.2, -0.15) is 0 Å². The molecule has 0 saturated carbocycles. The summed E-state index contributed by atoms with van der Waals surface area (Å²) in [6, 6.07) is 3.66. The van der Waals surface area contributed by atoms with Gasteiger partial charge >= 0.3 is 0 Å². The normalized spacial score (nSPS) is 10.5. The van der Waals surface area contributed by atoms with Gasteiger partial charge in [0.25, 0.3) is 0 Å². The maximum absolute atomic E-state index is 11.9. The fraction of sp³-hybridized carbons (Fsp3) is 0.429. The second-order valence-corrected chi connectivity index (χ2v) is 4.31. The summed E-state index contributed by atoms with van der Waals surface area (Å²) >= 11 is 0. The van der Waals surface area contributed by atoms with Crippen molar-refractivity contribution in [3.8, 4) is 11.5 Å². The van der Waals surface area contributed by atoms with Gasteiger partial charge < -0.3 is 9.32 Å². The van der Waals surface area contributed by atoms with Gasteiger partial charge in [0, 0.05) is 38.3 Å². The summed E-state index contributed by atoms with van der Waals surface area (Å²) < 4.78 is 5.53. The van der Waals surface area contributed by atoms with E-state index >= 15 is 0 Å². The summed E-state index contributed by atoms with van der Waals surface area (Å²) in [7, 11) is 0. The number of pyridine rings is 1. The Morgan fingerprint density at radius 3 is 2.75 bits per heavy atom. The van der Waals surface area contributed by atoms with Crippen LogP contribution in [-0.4, -0.2) is 39.1 Å². The van der Waals surface area contributed by atoms with Gasteiger partial charge in [0.1, 0.15) is 0 Å². The van der Waals surface area contributed by atoms with Gasteiger partial charge in [0.2, 0.25) is 17.7 Å². The van der Waals surface area contributed by atoms with Crippen molar-refractivity contribution in [2.75, 3.05) is 13.1 Å². The van der Waals surface area contributed by atoms with E-state index in [1.54, 1.807) is 17.3 Å². The lowest BCUT2D eigenvalue weighted by Gasteiger charge is -2.17. The van der Waals surface area contributed by atoms with E-state index < -0.39 is 0 Å². The molecule has 6 nitrogen and oxygen atoms in total. The Kier molecular flexibility index (Phi) is 4.81. The van der Waals surface area contributed by atoms with E-state index in [9.17, 15) is 4.79 Å². The largest absolute Gasteiger partial charge is 0.421 e. The van der Waals surface area contributed by atoms with Crippen LogP contribution in [0.1, 0.15) is 26.2 Å². The summed E-state index contributed by atoms with van der Waals surface area (Å²) in [5.74, 6) is 1.02. The van der Waals surface area contributed by atoms with Crippen LogP contribution in [0.5, 0.6) is 0 Å². The molecular weight excluding hydrogens is 256 g/mol. The van der Waals surface area contributed by atoms with Crippen LogP contribution in [0.25, 0.3) is 11.5 Å². The van der Waals surface area contributed by atoms with Crippen LogP contribution in [0, 0.1) is 0 Å². The number of aryl methyl sites for hydroxylation is 1. The molecule has 0 spiro atoms. The zero-order valence-electron chi connectivity index (χ0n) is 11.7. The van der Waals surface area contributed by atoms with Crippen LogP contribution in [-0.2, 0) is 11.2 Å². The van der Waals surface area contributed by atoms with E-state index in [1.165, 1.54) is 0 Å². The summed E-state index contributed by atoms with van der Waals surface area (Å²) in [4.78, 5) is 17.7. The van der Waals surface area contributed by atoms with E-state index in [0.29, 0.717) is 24.6 Å². The standard InChI is InChI=1S/C14H18N4O2/c1-3-18(4-2)13(19)8-7-12-16-17-14(20-12)11-6-5-9-15-10-11/h5-6,9-10H,3-4,7-8H2,1-2H3. The highest BCUT2D eigenvalue weighted by Crippen LogP contribution is 2.16. The van der Waals surface area contributed by atoms with Gasteiger partial charge in [-0.15, -0.1) is 10.2 Å². The quantitative estimate of drug-likeness (QED) is 0.804. The van der Waals surface area contributed by atoms with Crippen molar-refractivity contribution in [1.82, 2.24) is 20.1 Å². The Morgan fingerprint density at radius 1 is 1.30 bits per heavy atom. The molecule has 0 aliphatic carbocycles. The predicted molar refractivity (Wildman–Crippen MR) is 73.8 cm³/mol. The van der Waals surface area contributed by atoms with Crippen LogP contribution >= 0.6 is 0 Å². The average Bonchev–Trinajstić information content (AvgIpc) is 2.96. The number of rotatable bonds is 6. The van der Waals surface area contributed by atoms with Gasteiger partial charge in [-0.25, -0.2) is 0 Å². The zero-order chi connectivity index (χ0) is 14.4. The van der Waals surface area contributed by atoms with Crippen molar-refractivity contribution in [3.63, 3.8) is 0 Å². The van der Waals surface area contributed by atoms with Crippen molar-refractivity contribution < 1.29 is 9.21 Å². The molecule has 0 fully saturated rings. The van der Waals surface area contributed by atoms with Crippen LogP contribution in [0.2, 0.25) is 0 Å². The summed E-state index contributed by atoms with van der Waals surface area (Å²) in [5, 5.41) is 7.93. The van der Waals surface area contributed by atoms with Gasteiger partial charge in [-0.1, -0.05) is 0 Å². The van der Waals surface area contributed by atoms with Crippen LogP contribution in [0.3, 0.4) is 0 Å². The topological polar surface area (TPSA) is 72.1 Å². The molecule has 0 bridgehead atoms. The molecule has 2 aromatic rings. The van der Waals surface area contributed by atoms with Gasteiger partial charge in [0.05, 0.1) is 5.56 Å². The van der Waals surface area contributed by atoms with Crippen molar-refractivity contribution in [2.45, 2.75) is 26.7 Å². The molecule has 2 rings (SSSR count). The van der Waals surface area contributed by atoms with Gasteiger partial charge in [-0.05, 0) is 26.0 Å². The molecular formula is C14H18N4O2. The third kappa shape index (κ3) is 3.40. The molecule has 6 heteroatoms. The number of hydrogen-bond donors (Lipinski definition) is 0. The number of amides is 1. The molecule has 0 saturated heterocycles. The lowest BCUT2D eigenvalue weighted by Crippen LogP contribution is -2.30. The Balaban J connectivity index is 1.95. The SMILES string of the molecule is CCN(CC)C(=O)CCc1nnc(-c2cccnc2)o1. The molecule has 20 heavy (non-hydrogen) atoms. The number of carbonyl (C=O) groups is 1. The van der Waals surface area contributed by atoms with Gasteiger partial charge in [-0.3, -0.25) is 9.78 Å². The summed E-state index contributed by atoms with van der Waals surface area (Å²) in [6.07, 6.45) is 4.20. The zero-order valence-corrected chi connectivity index (χ0v) is 11.7. The highest BCUT2D eigenvalue weighted by Gasteiger charge is 2.13. The first kappa shape index (κ1) is 14.2. The number of aromatic nitrogens is 3. The van der Waals surface area contributed by atoms with E-state index in [4.69, 9.17) is 4.42 Å². The Bertz CT molecular complexity index is 549. The molecule has 0 N–H and O–H groups in total. The van der Waals surface area contributed by atoms with Crippen molar-refractivity contribution >= 4 is 5.91 Å². The van der Waals surface area contributed by atoms with Crippen LogP contribution in [0.15, 0.2) is 28.9 Å². The molecule has 106 valence electrons. The molecule has 1 amide bonds. The molecule has 0 unspecified atom stereocenters. The Labute approximate surface area is 117 Å². The fourth-order valence-corrected chi connectivity index (χ4v) is 1.91. The minimum atomic E-state index is 0.108. The summed E-state index contributed by atoms with van der Waals surface area (Å²) in [5.41, 5.74) is 0.779. The van der Waals surface area contributed by atoms with E-state index in [-0.39, 0.29) is 5.91 Å².